The highest BCUT2D eigenvalue weighted by atomic mass is 79.9. The molecular formula is C10H18BrN3. The fraction of sp³-hybridized carbons (Fsp3) is 0.700. The molecule has 0 saturated heterocycles. The van der Waals surface area contributed by atoms with E-state index in [0.717, 1.165) is 23.3 Å². The zero-order valence-electron chi connectivity index (χ0n) is 9.26. The summed E-state index contributed by atoms with van der Waals surface area (Å²) in [6, 6.07) is 0. The minimum Gasteiger partial charge on any atom is -0.306 e. The van der Waals surface area contributed by atoms with Crippen LogP contribution in [0.2, 0.25) is 0 Å². The van der Waals surface area contributed by atoms with Gasteiger partial charge in [-0.2, -0.15) is 5.10 Å². The summed E-state index contributed by atoms with van der Waals surface area (Å²) in [5.74, 6) is 0. The molecule has 0 spiro atoms. The topological polar surface area (TPSA) is 29.9 Å². The quantitative estimate of drug-likeness (QED) is 0.905. The third-order valence-corrected chi connectivity index (χ3v) is 2.56. The van der Waals surface area contributed by atoms with Gasteiger partial charge in [-0.3, -0.25) is 4.68 Å². The van der Waals surface area contributed by atoms with E-state index in [1.54, 1.807) is 0 Å². The van der Waals surface area contributed by atoms with Gasteiger partial charge in [0.1, 0.15) is 0 Å². The summed E-state index contributed by atoms with van der Waals surface area (Å²) in [6.45, 7) is 10.2. The molecule has 0 amide bonds. The van der Waals surface area contributed by atoms with Crippen LogP contribution < -0.4 is 5.32 Å². The Bertz CT molecular complexity index is 299. The van der Waals surface area contributed by atoms with Crippen molar-refractivity contribution in [2.45, 2.75) is 46.3 Å². The van der Waals surface area contributed by atoms with Gasteiger partial charge in [0.2, 0.25) is 0 Å². The Hall–Kier alpha value is -0.350. The van der Waals surface area contributed by atoms with E-state index in [2.05, 4.69) is 54.0 Å². The summed E-state index contributed by atoms with van der Waals surface area (Å²) in [4.78, 5) is 0. The van der Waals surface area contributed by atoms with E-state index >= 15 is 0 Å². The molecule has 1 N–H and O–H groups in total. The predicted octanol–water partition coefficient (Wildman–Crippen LogP) is 2.55. The number of nitrogens with one attached hydrogen (secondary N) is 1. The first-order chi connectivity index (χ1) is 6.42. The Morgan fingerprint density at radius 3 is 2.57 bits per heavy atom. The largest absolute Gasteiger partial charge is 0.306 e. The monoisotopic (exact) mass is 259 g/mol. The molecule has 80 valence electrons. The van der Waals surface area contributed by atoms with Crippen LogP contribution in [0.1, 0.15) is 33.4 Å². The van der Waals surface area contributed by atoms with Crippen LogP contribution in [-0.4, -0.2) is 15.3 Å². The lowest BCUT2D eigenvalue weighted by Gasteiger charge is -2.19. The second-order valence-electron chi connectivity index (χ2n) is 4.38. The standard InChI is InChI=1S/C10H18BrN3/c1-5-14-7-8(11)9(13-14)6-12-10(2,3)4/h7,12H,5-6H2,1-4H3. The van der Waals surface area contributed by atoms with Crippen molar-refractivity contribution in [3.63, 3.8) is 0 Å². The number of rotatable bonds is 3. The average Bonchev–Trinajstić information content (AvgIpc) is 2.42. The van der Waals surface area contributed by atoms with Gasteiger partial charge in [0.15, 0.2) is 0 Å². The normalized spacial score (nSPS) is 12.1. The molecule has 0 unspecified atom stereocenters. The molecule has 0 fully saturated rings. The molecule has 0 bridgehead atoms. The van der Waals surface area contributed by atoms with E-state index in [0.29, 0.717) is 0 Å². The van der Waals surface area contributed by atoms with Crippen LogP contribution in [-0.2, 0) is 13.1 Å². The smallest absolute Gasteiger partial charge is 0.0904 e. The number of hydrogen-bond donors (Lipinski definition) is 1. The summed E-state index contributed by atoms with van der Waals surface area (Å²) in [5.41, 5.74) is 1.21. The van der Waals surface area contributed by atoms with E-state index in [4.69, 9.17) is 0 Å². The highest BCUT2D eigenvalue weighted by Gasteiger charge is 2.11. The maximum atomic E-state index is 4.44. The Morgan fingerprint density at radius 1 is 1.50 bits per heavy atom. The SMILES string of the molecule is CCn1cc(Br)c(CNC(C)(C)C)n1. The van der Waals surface area contributed by atoms with E-state index < -0.39 is 0 Å². The second kappa shape index (κ2) is 4.45. The molecule has 4 heteroatoms. The molecule has 0 saturated carbocycles. The molecular weight excluding hydrogens is 242 g/mol. The fourth-order valence-corrected chi connectivity index (χ4v) is 1.52. The minimum absolute atomic E-state index is 0.134. The summed E-state index contributed by atoms with van der Waals surface area (Å²) in [6.07, 6.45) is 2.01. The Labute approximate surface area is 94.0 Å². The predicted molar refractivity (Wildman–Crippen MR) is 62.2 cm³/mol. The van der Waals surface area contributed by atoms with Gasteiger partial charge in [0.05, 0.1) is 10.2 Å². The van der Waals surface area contributed by atoms with E-state index in [-0.39, 0.29) is 5.54 Å². The van der Waals surface area contributed by atoms with Gasteiger partial charge in [0.25, 0.3) is 0 Å². The van der Waals surface area contributed by atoms with Gasteiger partial charge in [-0.1, -0.05) is 0 Å². The van der Waals surface area contributed by atoms with Crippen molar-refractivity contribution in [2.24, 2.45) is 0 Å². The molecule has 1 heterocycles. The van der Waals surface area contributed by atoms with Gasteiger partial charge in [-0.25, -0.2) is 0 Å². The first-order valence-electron chi connectivity index (χ1n) is 4.89. The first-order valence-corrected chi connectivity index (χ1v) is 5.68. The van der Waals surface area contributed by atoms with Gasteiger partial charge >= 0.3 is 0 Å². The lowest BCUT2D eigenvalue weighted by molar-refractivity contribution is 0.419. The maximum absolute atomic E-state index is 4.44. The van der Waals surface area contributed by atoms with Gasteiger partial charge in [0, 0.05) is 24.8 Å². The fourth-order valence-electron chi connectivity index (χ4n) is 1.07. The van der Waals surface area contributed by atoms with Crippen molar-refractivity contribution in [3.05, 3.63) is 16.4 Å². The number of nitrogens with zero attached hydrogens (tertiary/aromatic N) is 2. The second-order valence-corrected chi connectivity index (χ2v) is 5.24. The number of aromatic nitrogens is 2. The Kier molecular flexibility index (Phi) is 3.72. The van der Waals surface area contributed by atoms with E-state index in [9.17, 15) is 0 Å². The Balaban J connectivity index is 2.63. The van der Waals surface area contributed by atoms with Gasteiger partial charge in [-0.05, 0) is 43.6 Å². The van der Waals surface area contributed by atoms with Crippen LogP contribution in [0.5, 0.6) is 0 Å². The molecule has 1 rings (SSSR count). The van der Waals surface area contributed by atoms with Crippen LogP contribution in [0, 0.1) is 0 Å². The molecule has 1 aromatic rings. The van der Waals surface area contributed by atoms with Gasteiger partial charge < -0.3 is 5.32 Å². The van der Waals surface area contributed by atoms with Crippen molar-refractivity contribution < 1.29 is 0 Å². The minimum atomic E-state index is 0.134. The molecule has 1 aromatic heterocycles. The molecule has 0 aliphatic carbocycles. The molecule has 14 heavy (non-hydrogen) atoms. The molecule has 0 aliphatic heterocycles. The number of aryl methyl sites for hydroxylation is 1. The van der Waals surface area contributed by atoms with Crippen LogP contribution in [0.25, 0.3) is 0 Å². The van der Waals surface area contributed by atoms with E-state index in [1.165, 1.54) is 0 Å². The number of hydrogen-bond acceptors (Lipinski definition) is 2. The third-order valence-electron chi connectivity index (χ3n) is 1.90. The zero-order chi connectivity index (χ0) is 10.8. The molecule has 0 aliphatic rings. The summed E-state index contributed by atoms with van der Waals surface area (Å²) in [5, 5.41) is 7.85. The maximum Gasteiger partial charge on any atom is 0.0904 e. The molecule has 0 aromatic carbocycles. The van der Waals surface area contributed by atoms with Gasteiger partial charge in [-0.15, -0.1) is 0 Å². The molecule has 0 radical (unpaired) electrons. The number of halogens is 1. The third kappa shape index (κ3) is 3.42. The van der Waals surface area contributed by atoms with Crippen molar-refractivity contribution >= 4 is 15.9 Å². The summed E-state index contributed by atoms with van der Waals surface area (Å²) < 4.78 is 3.01. The van der Waals surface area contributed by atoms with Crippen molar-refractivity contribution in [1.29, 1.82) is 0 Å². The first kappa shape index (κ1) is 11.7. The lowest BCUT2D eigenvalue weighted by atomic mass is 10.1. The molecule has 3 nitrogen and oxygen atoms in total. The average molecular weight is 260 g/mol. The van der Waals surface area contributed by atoms with Crippen LogP contribution in [0.4, 0.5) is 0 Å². The highest BCUT2D eigenvalue weighted by Crippen LogP contribution is 2.15. The Morgan fingerprint density at radius 2 is 2.14 bits per heavy atom. The summed E-state index contributed by atoms with van der Waals surface area (Å²) in [7, 11) is 0. The van der Waals surface area contributed by atoms with Crippen molar-refractivity contribution in [3.8, 4) is 0 Å². The highest BCUT2D eigenvalue weighted by molar-refractivity contribution is 9.10. The van der Waals surface area contributed by atoms with Crippen LogP contribution in [0.3, 0.4) is 0 Å². The lowest BCUT2D eigenvalue weighted by Crippen LogP contribution is -2.35. The van der Waals surface area contributed by atoms with Crippen molar-refractivity contribution in [1.82, 2.24) is 15.1 Å². The van der Waals surface area contributed by atoms with Crippen LogP contribution in [0.15, 0.2) is 10.7 Å². The van der Waals surface area contributed by atoms with Crippen molar-refractivity contribution in [2.75, 3.05) is 0 Å². The summed E-state index contributed by atoms with van der Waals surface area (Å²) >= 11 is 3.50. The molecule has 0 atom stereocenters. The van der Waals surface area contributed by atoms with Crippen LogP contribution >= 0.6 is 15.9 Å². The van der Waals surface area contributed by atoms with E-state index in [1.807, 2.05) is 10.9 Å². The zero-order valence-corrected chi connectivity index (χ0v) is 10.8.